The summed E-state index contributed by atoms with van der Waals surface area (Å²) in [6.07, 6.45) is 5.22. The van der Waals surface area contributed by atoms with Crippen LogP contribution in [0, 0.1) is 6.92 Å². The van der Waals surface area contributed by atoms with E-state index in [0.717, 1.165) is 24.6 Å². The lowest BCUT2D eigenvalue weighted by molar-refractivity contribution is 0.726. The molecule has 0 radical (unpaired) electrons. The van der Waals surface area contributed by atoms with Crippen molar-refractivity contribution in [3.8, 4) is 0 Å². The highest BCUT2D eigenvalue weighted by Gasteiger charge is 2.15. The maximum absolute atomic E-state index is 4.45. The van der Waals surface area contributed by atoms with Gasteiger partial charge >= 0.3 is 0 Å². The molecule has 0 saturated carbocycles. The van der Waals surface area contributed by atoms with Gasteiger partial charge < -0.3 is 4.90 Å². The predicted molar refractivity (Wildman–Crippen MR) is 75.0 cm³/mol. The lowest BCUT2D eigenvalue weighted by atomic mass is 10.1. The van der Waals surface area contributed by atoms with Crippen LogP contribution in [0.2, 0.25) is 0 Å². The Morgan fingerprint density at radius 1 is 0.889 bits per heavy atom. The fourth-order valence-electron chi connectivity index (χ4n) is 2.74. The highest BCUT2D eigenvalue weighted by atomic mass is 15.3. The molecule has 1 aliphatic heterocycles. The number of aryl methyl sites for hydroxylation is 1. The average Bonchev–Trinajstić information content (AvgIpc) is 2.68. The van der Waals surface area contributed by atoms with E-state index in [-0.39, 0.29) is 0 Å². The molecular weight excluding hydrogens is 222 g/mol. The second-order valence-corrected chi connectivity index (χ2v) is 5.06. The number of hydrogen-bond acceptors (Lipinski definition) is 3. The molecule has 1 aromatic heterocycles. The Labute approximate surface area is 108 Å². The maximum Gasteiger partial charge on any atom is 0.159 e. The number of nitrogens with zero attached hydrogens (tertiary/aromatic N) is 3. The van der Waals surface area contributed by atoms with E-state index in [0.29, 0.717) is 0 Å². The molecule has 1 aromatic carbocycles. The zero-order chi connectivity index (χ0) is 12.4. The van der Waals surface area contributed by atoms with Crippen molar-refractivity contribution in [2.75, 3.05) is 18.0 Å². The van der Waals surface area contributed by atoms with Crippen LogP contribution in [0.1, 0.15) is 31.4 Å². The van der Waals surface area contributed by atoms with Crippen LogP contribution < -0.4 is 4.90 Å². The van der Waals surface area contributed by atoms with Gasteiger partial charge in [0, 0.05) is 23.9 Å². The fourth-order valence-corrected chi connectivity index (χ4v) is 2.74. The van der Waals surface area contributed by atoms with E-state index < -0.39 is 0 Å². The molecule has 0 N–H and O–H groups in total. The Hall–Kier alpha value is -1.64. The number of fused-ring (bicyclic) bond motifs is 1. The molecule has 0 atom stereocenters. The summed E-state index contributed by atoms with van der Waals surface area (Å²) in [5, 5.41) is 11.2. The first-order valence-electron chi connectivity index (χ1n) is 6.83. The monoisotopic (exact) mass is 241 g/mol. The highest BCUT2D eigenvalue weighted by molar-refractivity contribution is 5.93. The normalized spacial score (nSPS) is 16.8. The molecular formula is C15H19N3. The zero-order valence-electron chi connectivity index (χ0n) is 10.9. The minimum atomic E-state index is 1.02. The summed E-state index contributed by atoms with van der Waals surface area (Å²) in [6, 6.07) is 8.46. The third-order valence-corrected chi connectivity index (χ3v) is 3.76. The quantitative estimate of drug-likeness (QED) is 0.767. The van der Waals surface area contributed by atoms with E-state index in [1.165, 1.54) is 36.5 Å². The van der Waals surface area contributed by atoms with Crippen LogP contribution >= 0.6 is 0 Å². The van der Waals surface area contributed by atoms with Gasteiger partial charge in [0.25, 0.3) is 0 Å². The SMILES string of the molecule is Cc1nnc(N2CCCCCC2)c2ccccc12. The van der Waals surface area contributed by atoms with Crippen LogP contribution in [-0.4, -0.2) is 23.3 Å². The fraction of sp³-hybridized carbons (Fsp3) is 0.467. The molecule has 2 aromatic rings. The molecule has 1 fully saturated rings. The van der Waals surface area contributed by atoms with Crippen molar-refractivity contribution in [1.29, 1.82) is 0 Å². The molecule has 2 heterocycles. The summed E-state index contributed by atoms with van der Waals surface area (Å²) < 4.78 is 0. The average molecular weight is 241 g/mol. The smallest absolute Gasteiger partial charge is 0.159 e. The van der Waals surface area contributed by atoms with Crippen LogP contribution in [0.3, 0.4) is 0 Å². The van der Waals surface area contributed by atoms with E-state index in [9.17, 15) is 0 Å². The molecule has 0 unspecified atom stereocenters. The van der Waals surface area contributed by atoms with Crippen LogP contribution in [-0.2, 0) is 0 Å². The molecule has 0 spiro atoms. The number of hydrogen-bond donors (Lipinski definition) is 0. The number of rotatable bonds is 1. The van der Waals surface area contributed by atoms with Gasteiger partial charge in [0.05, 0.1) is 5.69 Å². The van der Waals surface area contributed by atoms with Gasteiger partial charge in [0.2, 0.25) is 0 Å². The summed E-state index contributed by atoms with van der Waals surface area (Å²) in [5.74, 6) is 1.07. The van der Waals surface area contributed by atoms with Gasteiger partial charge in [-0.2, -0.15) is 5.10 Å². The molecule has 1 aliphatic rings. The van der Waals surface area contributed by atoms with Gasteiger partial charge in [-0.3, -0.25) is 0 Å². The lowest BCUT2D eigenvalue weighted by Gasteiger charge is -2.22. The number of anilines is 1. The predicted octanol–water partition coefficient (Wildman–Crippen LogP) is 3.32. The largest absolute Gasteiger partial charge is 0.355 e. The van der Waals surface area contributed by atoms with Crippen molar-refractivity contribution in [2.24, 2.45) is 0 Å². The number of benzene rings is 1. The minimum absolute atomic E-state index is 1.02. The van der Waals surface area contributed by atoms with Gasteiger partial charge in [-0.15, -0.1) is 5.10 Å². The van der Waals surface area contributed by atoms with Crippen molar-refractivity contribution in [2.45, 2.75) is 32.6 Å². The van der Waals surface area contributed by atoms with Gasteiger partial charge in [0.15, 0.2) is 5.82 Å². The van der Waals surface area contributed by atoms with Gasteiger partial charge in [-0.05, 0) is 19.8 Å². The summed E-state index contributed by atoms with van der Waals surface area (Å²) in [7, 11) is 0. The highest BCUT2D eigenvalue weighted by Crippen LogP contribution is 2.27. The van der Waals surface area contributed by atoms with E-state index in [2.05, 4.69) is 39.4 Å². The molecule has 0 bridgehead atoms. The molecule has 0 aliphatic carbocycles. The first-order chi connectivity index (χ1) is 8.86. The number of aromatic nitrogens is 2. The van der Waals surface area contributed by atoms with Crippen molar-refractivity contribution < 1.29 is 0 Å². The van der Waals surface area contributed by atoms with Gasteiger partial charge in [0.1, 0.15) is 0 Å². The topological polar surface area (TPSA) is 29.0 Å². The van der Waals surface area contributed by atoms with Gasteiger partial charge in [-0.25, -0.2) is 0 Å². The van der Waals surface area contributed by atoms with Crippen molar-refractivity contribution in [3.63, 3.8) is 0 Å². The first-order valence-corrected chi connectivity index (χ1v) is 6.83. The summed E-state index contributed by atoms with van der Waals surface area (Å²) in [6.45, 7) is 4.25. The molecule has 3 heteroatoms. The molecule has 18 heavy (non-hydrogen) atoms. The third kappa shape index (κ3) is 2.05. The Bertz CT molecular complexity index is 542. The van der Waals surface area contributed by atoms with Crippen molar-refractivity contribution >= 4 is 16.6 Å². The third-order valence-electron chi connectivity index (χ3n) is 3.76. The lowest BCUT2D eigenvalue weighted by Crippen LogP contribution is -2.25. The van der Waals surface area contributed by atoms with E-state index in [1.54, 1.807) is 0 Å². The first kappa shape index (κ1) is 11.5. The standard InChI is InChI=1S/C15H19N3/c1-12-13-8-4-5-9-14(13)15(17-16-12)18-10-6-2-3-7-11-18/h4-5,8-9H,2-3,6-7,10-11H2,1H3. The van der Waals surface area contributed by atoms with E-state index in [1.807, 2.05) is 6.92 Å². The maximum atomic E-state index is 4.45. The molecule has 0 amide bonds. The van der Waals surface area contributed by atoms with E-state index in [4.69, 9.17) is 0 Å². The Morgan fingerprint density at radius 2 is 1.56 bits per heavy atom. The Balaban J connectivity index is 2.08. The van der Waals surface area contributed by atoms with Gasteiger partial charge in [-0.1, -0.05) is 37.1 Å². The second kappa shape index (κ2) is 4.92. The second-order valence-electron chi connectivity index (χ2n) is 5.06. The van der Waals surface area contributed by atoms with Crippen LogP contribution in [0.4, 0.5) is 5.82 Å². The Kier molecular flexibility index (Phi) is 3.13. The van der Waals surface area contributed by atoms with Crippen LogP contribution in [0.25, 0.3) is 10.8 Å². The molecule has 1 saturated heterocycles. The zero-order valence-corrected chi connectivity index (χ0v) is 10.9. The summed E-state index contributed by atoms with van der Waals surface area (Å²) in [5.41, 5.74) is 1.02. The summed E-state index contributed by atoms with van der Waals surface area (Å²) in [4.78, 5) is 2.40. The van der Waals surface area contributed by atoms with Crippen LogP contribution in [0.15, 0.2) is 24.3 Å². The summed E-state index contributed by atoms with van der Waals surface area (Å²) >= 11 is 0. The molecule has 3 rings (SSSR count). The van der Waals surface area contributed by atoms with Crippen LogP contribution in [0.5, 0.6) is 0 Å². The minimum Gasteiger partial charge on any atom is -0.355 e. The van der Waals surface area contributed by atoms with E-state index >= 15 is 0 Å². The molecule has 94 valence electrons. The Morgan fingerprint density at radius 3 is 2.28 bits per heavy atom. The molecule has 3 nitrogen and oxygen atoms in total. The van der Waals surface area contributed by atoms with Crippen molar-refractivity contribution in [1.82, 2.24) is 10.2 Å². The van der Waals surface area contributed by atoms with Crippen molar-refractivity contribution in [3.05, 3.63) is 30.0 Å².